The van der Waals surface area contributed by atoms with Crippen molar-refractivity contribution in [1.82, 2.24) is 0 Å². The number of carboxylic acid groups (broad SMARTS) is 1. The van der Waals surface area contributed by atoms with E-state index in [1.807, 2.05) is 0 Å². The lowest BCUT2D eigenvalue weighted by atomic mass is 9.40. The number of cyclic esters (lactones) is 1. The van der Waals surface area contributed by atoms with Gasteiger partial charge in [0.1, 0.15) is 23.9 Å². The molecule has 3 saturated carbocycles. The van der Waals surface area contributed by atoms with Gasteiger partial charge in [-0.2, -0.15) is 0 Å². The minimum atomic E-state index is -0.971. The van der Waals surface area contributed by atoms with Crippen molar-refractivity contribution < 1.29 is 33.6 Å². The van der Waals surface area contributed by atoms with E-state index in [2.05, 4.69) is 20.8 Å². The standard InChI is InChI=1S/C25H30O7/c1-12(2)25-19(32-25)15-9-23(15)22(3)7-6-13-14(11-30-20(13)28)18(22)16-10-24(23,31-16)21(25)29-8-4-5-17(26)27/h4-5,12,15-16,18-19,21H,6-11H2,1-3H3,(H,26,27)/b5-4-/t15-,16?,18+,19-,21-,22-,23-,24+,25-/m0/s1. The van der Waals surface area contributed by atoms with E-state index in [9.17, 15) is 9.59 Å². The molecule has 9 atom stereocenters. The van der Waals surface area contributed by atoms with Crippen molar-refractivity contribution in [3.8, 4) is 0 Å². The van der Waals surface area contributed by atoms with Gasteiger partial charge in [-0.25, -0.2) is 9.59 Å². The number of esters is 1. The highest BCUT2D eigenvalue weighted by molar-refractivity contribution is 5.92. The molecule has 3 saturated heterocycles. The number of hydrogen-bond acceptors (Lipinski definition) is 6. The van der Waals surface area contributed by atoms with E-state index in [0.29, 0.717) is 12.5 Å². The van der Waals surface area contributed by atoms with E-state index in [1.165, 1.54) is 5.57 Å². The largest absolute Gasteiger partial charge is 0.478 e. The van der Waals surface area contributed by atoms with Crippen molar-refractivity contribution >= 4 is 11.9 Å². The monoisotopic (exact) mass is 442 g/mol. The van der Waals surface area contributed by atoms with E-state index in [4.69, 9.17) is 24.1 Å². The van der Waals surface area contributed by atoms with Gasteiger partial charge in [-0.15, -0.1) is 0 Å². The third kappa shape index (κ3) is 1.87. The number of aliphatic carboxylic acids is 1. The summed E-state index contributed by atoms with van der Waals surface area (Å²) < 4.78 is 25.4. The number of ether oxygens (including phenoxy) is 4. The molecule has 0 aromatic heterocycles. The summed E-state index contributed by atoms with van der Waals surface area (Å²) in [4.78, 5) is 23.2. The number of epoxide rings is 1. The summed E-state index contributed by atoms with van der Waals surface area (Å²) in [5.41, 5.74) is 1.32. The Balaban J connectivity index is 1.30. The Hall–Kier alpha value is -1.70. The molecule has 0 amide bonds. The van der Waals surface area contributed by atoms with Gasteiger partial charge >= 0.3 is 11.9 Å². The Labute approximate surface area is 187 Å². The van der Waals surface area contributed by atoms with Crippen LogP contribution in [0.4, 0.5) is 0 Å². The van der Waals surface area contributed by atoms with Crippen molar-refractivity contribution in [1.29, 1.82) is 0 Å². The van der Waals surface area contributed by atoms with Gasteiger partial charge in [0, 0.05) is 29.4 Å². The molecule has 2 spiro atoms. The smallest absolute Gasteiger partial charge is 0.334 e. The van der Waals surface area contributed by atoms with E-state index < -0.39 is 11.6 Å². The van der Waals surface area contributed by atoms with Gasteiger partial charge in [0.25, 0.3) is 0 Å². The van der Waals surface area contributed by atoms with Gasteiger partial charge in [0.05, 0.1) is 18.8 Å². The van der Waals surface area contributed by atoms with Crippen LogP contribution >= 0.6 is 0 Å². The third-order valence-corrected chi connectivity index (χ3v) is 10.4. The Morgan fingerprint density at radius 3 is 2.81 bits per heavy atom. The molecule has 0 aromatic rings. The Bertz CT molecular complexity index is 1010. The molecule has 8 rings (SSSR count). The molecule has 0 radical (unpaired) electrons. The number of carboxylic acids is 1. The Kier molecular flexibility index (Phi) is 3.50. The zero-order valence-corrected chi connectivity index (χ0v) is 18.8. The molecule has 7 heteroatoms. The maximum Gasteiger partial charge on any atom is 0.334 e. The summed E-state index contributed by atoms with van der Waals surface area (Å²) in [5.74, 6) is -0.150. The molecule has 2 bridgehead atoms. The molecule has 6 fully saturated rings. The minimum Gasteiger partial charge on any atom is -0.478 e. The summed E-state index contributed by atoms with van der Waals surface area (Å²) in [6, 6.07) is 0. The topological polar surface area (TPSA) is 94.6 Å². The third-order valence-electron chi connectivity index (χ3n) is 10.4. The number of rotatable bonds is 5. The van der Waals surface area contributed by atoms with Gasteiger partial charge in [-0.3, -0.25) is 0 Å². The molecule has 1 unspecified atom stereocenters. The molecule has 4 heterocycles. The number of fused-ring (bicyclic) bond motifs is 2. The number of hydrogen-bond donors (Lipinski definition) is 1. The summed E-state index contributed by atoms with van der Waals surface area (Å²) in [7, 11) is 0. The molecule has 4 aliphatic heterocycles. The first-order valence-electron chi connectivity index (χ1n) is 12.0. The Morgan fingerprint density at radius 1 is 1.31 bits per heavy atom. The lowest BCUT2D eigenvalue weighted by molar-refractivity contribution is -0.382. The van der Waals surface area contributed by atoms with E-state index in [1.54, 1.807) is 6.08 Å². The first-order chi connectivity index (χ1) is 15.2. The van der Waals surface area contributed by atoms with Crippen LogP contribution in [-0.2, 0) is 28.5 Å². The van der Waals surface area contributed by atoms with E-state index in [-0.39, 0.29) is 59.2 Å². The fourth-order valence-corrected chi connectivity index (χ4v) is 9.25. The number of carbonyl (C=O) groups is 2. The molecule has 32 heavy (non-hydrogen) atoms. The van der Waals surface area contributed by atoms with Crippen molar-refractivity contribution in [2.24, 2.45) is 28.6 Å². The van der Waals surface area contributed by atoms with Gasteiger partial charge in [0.15, 0.2) is 0 Å². The minimum absolute atomic E-state index is 0.0235. The summed E-state index contributed by atoms with van der Waals surface area (Å²) >= 11 is 0. The summed E-state index contributed by atoms with van der Waals surface area (Å²) in [5, 5.41) is 8.97. The predicted octanol–water partition coefficient (Wildman–Crippen LogP) is 2.64. The van der Waals surface area contributed by atoms with Crippen LogP contribution in [0.1, 0.15) is 46.5 Å². The maximum atomic E-state index is 12.3. The summed E-state index contributed by atoms with van der Waals surface area (Å²) in [6.07, 6.45) is 6.47. The van der Waals surface area contributed by atoms with Crippen molar-refractivity contribution in [2.45, 2.75) is 76.0 Å². The average molecular weight is 443 g/mol. The molecule has 172 valence electrons. The highest BCUT2D eigenvalue weighted by Gasteiger charge is 2.96. The molecule has 0 aromatic carbocycles. The zero-order valence-electron chi connectivity index (χ0n) is 18.8. The Morgan fingerprint density at radius 2 is 2.09 bits per heavy atom. The average Bonchev–Trinajstić information content (AvgIpc) is 3.58. The van der Waals surface area contributed by atoms with Crippen LogP contribution in [0.2, 0.25) is 0 Å². The first-order valence-corrected chi connectivity index (χ1v) is 12.0. The number of carbonyl (C=O) groups excluding carboxylic acids is 1. The van der Waals surface area contributed by atoms with Gasteiger partial charge in [-0.1, -0.05) is 26.8 Å². The van der Waals surface area contributed by atoms with Crippen molar-refractivity contribution in [2.75, 3.05) is 13.2 Å². The molecular weight excluding hydrogens is 412 g/mol. The van der Waals surface area contributed by atoms with Gasteiger partial charge in [-0.05, 0) is 42.1 Å². The quantitative estimate of drug-likeness (QED) is 0.397. The van der Waals surface area contributed by atoms with Crippen LogP contribution in [0.25, 0.3) is 0 Å². The lowest BCUT2D eigenvalue weighted by Gasteiger charge is -2.73. The normalized spacial score (nSPS) is 53.6. The second kappa shape index (κ2) is 5.68. The van der Waals surface area contributed by atoms with Crippen LogP contribution < -0.4 is 0 Å². The van der Waals surface area contributed by atoms with Crippen LogP contribution in [0.3, 0.4) is 0 Å². The van der Waals surface area contributed by atoms with E-state index >= 15 is 0 Å². The maximum absolute atomic E-state index is 12.3. The SMILES string of the molecule is CC(C)[C@]12O[C@H]1[C@@H]1C[C@@]13[C@@]1(C)CCC4=C(COC4=O)[C@@H]1C1C[C@@]3(O1)[C@@H]2OC/C=C\C(=O)O. The fraction of sp³-hybridized carbons (Fsp3) is 0.760. The highest BCUT2D eigenvalue weighted by Crippen LogP contribution is 2.89. The van der Waals surface area contributed by atoms with Crippen LogP contribution in [-0.4, -0.2) is 59.8 Å². The second-order valence-electron chi connectivity index (χ2n) is 11.5. The molecule has 4 aliphatic carbocycles. The molecule has 1 N–H and O–H groups in total. The molecule has 8 aliphatic rings. The summed E-state index contributed by atoms with van der Waals surface area (Å²) in [6.45, 7) is 7.45. The predicted molar refractivity (Wildman–Crippen MR) is 111 cm³/mol. The lowest BCUT2D eigenvalue weighted by Crippen LogP contribution is -2.80. The van der Waals surface area contributed by atoms with Crippen LogP contribution in [0.5, 0.6) is 0 Å². The zero-order chi connectivity index (χ0) is 22.3. The highest BCUT2D eigenvalue weighted by atomic mass is 16.7. The van der Waals surface area contributed by atoms with Crippen LogP contribution in [0, 0.1) is 28.6 Å². The van der Waals surface area contributed by atoms with Crippen molar-refractivity contribution in [3.63, 3.8) is 0 Å². The second-order valence-corrected chi connectivity index (χ2v) is 11.5. The van der Waals surface area contributed by atoms with Gasteiger partial charge in [0.2, 0.25) is 0 Å². The van der Waals surface area contributed by atoms with Crippen LogP contribution in [0.15, 0.2) is 23.3 Å². The molecule has 7 nitrogen and oxygen atoms in total. The van der Waals surface area contributed by atoms with E-state index in [0.717, 1.165) is 37.3 Å². The fourth-order valence-electron chi connectivity index (χ4n) is 9.25. The molecular formula is C25H30O7. The van der Waals surface area contributed by atoms with Gasteiger partial charge < -0.3 is 24.1 Å². The first kappa shape index (κ1) is 19.7. The van der Waals surface area contributed by atoms with Crippen molar-refractivity contribution in [3.05, 3.63) is 23.3 Å².